The molecule has 5 rings (SSSR count). The summed E-state index contributed by atoms with van der Waals surface area (Å²) in [6, 6.07) is 21.3. The summed E-state index contributed by atoms with van der Waals surface area (Å²) >= 11 is 3.39. The van der Waals surface area contributed by atoms with Gasteiger partial charge in [0, 0.05) is 50.7 Å². The molecule has 2 bridgehead atoms. The highest BCUT2D eigenvalue weighted by Gasteiger charge is 2.40. The molecule has 2 heterocycles. The third-order valence-corrected chi connectivity index (χ3v) is 9.50. The SMILES string of the molecule is CN(C[C@H](O)c1ccccc1)C(=O)C1=C(c2ccc(CCCOc3cc(F)ccc3Br)cc2)C[C@@H]2CN(C(=O)CCCC(N)=O)C[C@H]1N2. The summed E-state index contributed by atoms with van der Waals surface area (Å²) in [5.74, 6) is -0.579. The molecule has 3 aromatic rings. The van der Waals surface area contributed by atoms with Gasteiger partial charge in [-0.2, -0.15) is 0 Å². The van der Waals surface area contributed by atoms with Gasteiger partial charge in [-0.05, 0) is 76.0 Å². The number of carbonyl (C=O) groups is 3. The van der Waals surface area contributed by atoms with Gasteiger partial charge in [0.1, 0.15) is 11.6 Å². The average molecular weight is 722 g/mol. The predicted molar refractivity (Wildman–Crippen MR) is 185 cm³/mol. The second-order valence-electron chi connectivity index (χ2n) is 12.5. The number of carbonyl (C=O) groups excluding carboxylic acids is 3. The summed E-state index contributed by atoms with van der Waals surface area (Å²) < 4.78 is 20.1. The fourth-order valence-electron chi connectivity index (χ4n) is 6.39. The number of aliphatic hydroxyl groups excluding tert-OH is 1. The van der Waals surface area contributed by atoms with Crippen molar-refractivity contribution >= 4 is 39.2 Å². The summed E-state index contributed by atoms with van der Waals surface area (Å²) in [5, 5.41) is 14.5. The van der Waals surface area contributed by atoms with Crippen LogP contribution in [-0.4, -0.2) is 78.0 Å². The van der Waals surface area contributed by atoms with Crippen molar-refractivity contribution in [1.29, 1.82) is 0 Å². The van der Waals surface area contributed by atoms with E-state index in [0.717, 1.165) is 35.1 Å². The largest absolute Gasteiger partial charge is 0.492 e. The lowest BCUT2D eigenvalue weighted by atomic mass is 9.82. The number of primary amides is 1. The van der Waals surface area contributed by atoms with E-state index in [1.54, 1.807) is 22.9 Å². The maximum Gasteiger partial charge on any atom is 0.251 e. The number of halogens is 2. The molecule has 254 valence electrons. The van der Waals surface area contributed by atoms with Crippen LogP contribution in [-0.2, 0) is 20.8 Å². The smallest absolute Gasteiger partial charge is 0.251 e. The molecule has 1 saturated heterocycles. The molecule has 0 radical (unpaired) electrons. The van der Waals surface area contributed by atoms with Gasteiger partial charge < -0.3 is 30.7 Å². The molecule has 4 N–H and O–H groups in total. The van der Waals surface area contributed by atoms with E-state index in [1.807, 2.05) is 42.5 Å². The predicted octanol–water partition coefficient (Wildman–Crippen LogP) is 4.77. The molecule has 2 aliphatic rings. The van der Waals surface area contributed by atoms with Crippen molar-refractivity contribution in [3.63, 3.8) is 0 Å². The minimum absolute atomic E-state index is 0.0467. The Kier molecular flexibility index (Phi) is 12.0. The van der Waals surface area contributed by atoms with Crippen molar-refractivity contribution in [1.82, 2.24) is 15.1 Å². The number of hydrogen-bond acceptors (Lipinski definition) is 6. The van der Waals surface area contributed by atoms with Gasteiger partial charge in [-0.25, -0.2) is 4.39 Å². The first-order valence-corrected chi connectivity index (χ1v) is 17.1. The molecule has 11 heteroatoms. The van der Waals surface area contributed by atoms with Crippen LogP contribution in [0.25, 0.3) is 5.57 Å². The van der Waals surface area contributed by atoms with Crippen molar-refractivity contribution in [2.75, 3.05) is 33.3 Å². The van der Waals surface area contributed by atoms with E-state index >= 15 is 0 Å². The highest BCUT2D eigenvalue weighted by Crippen LogP contribution is 2.35. The number of benzene rings is 3. The number of rotatable bonds is 14. The van der Waals surface area contributed by atoms with Gasteiger partial charge in [0.05, 0.1) is 29.8 Å². The standard InChI is InChI=1S/C37H42BrFN4O5/c1-42(23-32(44)26-8-3-2-4-9-26)37(47)36-29(20-28-21-43(22-31(36)41-28)35(46)11-5-10-34(40)45)25-14-12-24(13-15-25)7-6-18-48-33-19-27(39)16-17-30(33)38/h2-4,8-9,12-17,19,28,31-32,41,44H,5-7,10-11,18,20-23H2,1H3,(H2,40,45)/t28-,31-,32+/m1/s1. The van der Waals surface area contributed by atoms with E-state index in [0.29, 0.717) is 48.3 Å². The number of ether oxygens (including phenoxy) is 1. The highest BCUT2D eigenvalue weighted by molar-refractivity contribution is 9.10. The Labute approximate surface area is 289 Å². The lowest BCUT2D eigenvalue weighted by Gasteiger charge is -2.45. The molecule has 48 heavy (non-hydrogen) atoms. The maximum atomic E-state index is 14.2. The second-order valence-corrected chi connectivity index (χ2v) is 13.3. The monoisotopic (exact) mass is 720 g/mol. The minimum atomic E-state index is -0.853. The molecule has 0 aliphatic carbocycles. The van der Waals surface area contributed by atoms with Crippen LogP contribution in [0.1, 0.15) is 54.9 Å². The van der Waals surface area contributed by atoms with Crippen molar-refractivity contribution in [3.8, 4) is 5.75 Å². The van der Waals surface area contributed by atoms with Crippen LogP contribution < -0.4 is 15.8 Å². The summed E-state index contributed by atoms with van der Waals surface area (Å²) in [5.41, 5.74) is 9.56. The average Bonchev–Trinajstić information content (AvgIpc) is 3.08. The molecule has 0 aromatic heterocycles. The zero-order chi connectivity index (χ0) is 34.2. The number of likely N-dealkylation sites (N-methyl/N-ethyl adjacent to an activating group) is 1. The Bertz CT molecular complexity index is 1630. The summed E-state index contributed by atoms with van der Waals surface area (Å²) in [7, 11) is 1.69. The van der Waals surface area contributed by atoms with Gasteiger partial charge in [-0.3, -0.25) is 14.4 Å². The number of piperazine rings is 1. The van der Waals surface area contributed by atoms with Crippen molar-refractivity contribution < 1.29 is 28.6 Å². The van der Waals surface area contributed by atoms with Crippen LogP contribution in [0.4, 0.5) is 4.39 Å². The zero-order valence-corrected chi connectivity index (χ0v) is 28.6. The van der Waals surface area contributed by atoms with Crippen molar-refractivity contribution in [3.05, 3.63) is 105 Å². The number of nitrogens with zero attached hydrogens (tertiary/aromatic N) is 2. The molecule has 0 unspecified atom stereocenters. The van der Waals surface area contributed by atoms with Crippen LogP contribution in [0.2, 0.25) is 0 Å². The number of nitrogens with one attached hydrogen (secondary N) is 1. The molecule has 0 saturated carbocycles. The molecule has 3 aromatic carbocycles. The summed E-state index contributed by atoms with van der Waals surface area (Å²) in [6.07, 6.45) is 1.96. The van der Waals surface area contributed by atoms with Gasteiger partial charge in [-0.15, -0.1) is 0 Å². The van der Waals surface area contributed by atoms with E-state index in [2.05, 4.69) is 33.4 Å². The first-order chi connectivity index (χ1) is 23.1. The first kappa shape index (κ1) is 35.3. The third kappa shape index (κ3) is 9.09. The summed E-state index contributed by atoms with van der Waals surface area (Å²) in [6.45, 7) is 1.37. The highest BCUT2D eigenvalue weighted by atomic mass is 79.9. The normalized spacial score (nSPS) is 18.0. The maximum absolute atomic E-state index is 14.2. The van der Waals surface area contributed by atoms with Crippen LogP contribution in [0.15, 0.2) is 82.8 Å². The molecule has 0 spiro atoms. The Morgan fingerprint density at radius 3 is 2.54 bits per heavy atom. The van der Waals surface area contributed by atoms with Gasteiger partial charge in [0.2, 0.25) is 11.8 Å². The fourth-order valence-corrected chi connectivity index (χ4v) is 6.75. The Hall–Kier alpha value is -4.06. The van der Waals surface area contributed by atoms with Crippen LogP contribution >= 0.6 is 15.9 Å². The van der Waals surface area contributed by atoms with Gasteiger partial charge in [-0.1, -0.05) is 54.6 Å². The lowest BCUT2D eigenvalue weighted by molar-refractivity contribution is -0.134. The first-order valence-electron chi connectivity index (χ1n) is 16.3. The Morgan fingerprint density at radius 2 is 1.81 bits per heavy atom. The molecule has 3 atom stereocenters. The van der Waals surface area contributed by atoms with Crippen molar-refractivity contribution in [2.24, 2.45) is 5.73 Å². The molecule has 1 fully saturated rings. The second kappa shape index (κ2) is 16.4. The number of nitrogens with two attached hydrogens (primary N) is 1. The van der Waals surface area contributed by atoms with E-state index in [-0.39, 0.29) is 43.1 Å². The van der Waals surface area contributed by atoms with Crippen LogP contribution in [0.3, 0.4) is 0 Å². The van der Waals surface area contributed by atoms with Gasteiger partial charge in [0.15, 0.2) is 0 Å². The minimum Gasteiger partial charge on any atom is -0.492 e. The zero-order valence-electron chi connectivity index (χ0n) is 27.0. The topological polar surface area (TPSA) is 125 Å². The van der Waals surface area contributed by atoms with E-state index in [1.165, 1.54) is 12.1 Å². The van der Waals surface area contributed by atoms with Crippen molar-refractivity contribution in [2.45, 2.75) is 56.7 Å². The lowest BCUT2D eigenvalue weighted by Crippen LogP contribution is -2.62. The van der Waals surface area contributed by atoms with Gasteiger partial charge in [0.25, 0.3) is 5.91 Å². The van der Waals surface area contributed by atoms with E-state index in [4.69, 9.17) is 10.5 Å². The number of hydrogen-bond donors (Lipinski definition) is 3. The third-order valence-electron chi connectivity index (χ3n) is 8.84. The fraction of sp³-hybridized carbons (Fsp3) is 0.378. The molecule has 3 amide bonds. The number of amides is 3. The van der Waals surface area contributed by atoms with Gasteiger partial charge >= 0.3 is 0 Å². The Morgan fingerprint density at radius 1 is 1.06 bits per heavy atom. The number of aliphatic hydroxyl groups is 1. The molecular weight excluding hydrogens is 679 g/mol. The van der Waals surface area contributed by atoms with Crippen LogP contribution in [0.5, 0.6) is 5.75 Å². The molecular formula is C37H42BrFN4O5. The Balaban J connectivity index is 1.32. The van der Waals surface area contributed by atoms with E-state index in [9.17, 15) is 23.9 Å². The van der Waals surface area contributed by atoms with Crippen LogP contribution in [0, 0.1) is 5.82 Å². The molecule has 2 aliphatic heterocycles. The number of fused-ring (bicyclic) bond motifs is 2. The summed E-state index contributed by atoms with van der Waals surface area (Å²) in [4.78, 5) is 41.8. The quantitative estimate of drug-likeness (QED) is 0.206. The molecule has 9 nitrogen and oxygen atoms in total. The van der Waals surface area contributed by atoms with E-state index < -0.39 is 18.1 Å². The number of aryl methyl sites for hydroxylation is 1.